The van der Waals surface area contributed by atoms with E-state index in [1.807, 2.05) is 0 Å². The van der Waals surface area contributed by atoms with E-state index in [1.165, 1.54) is 16.7 Å². The Labute approximate surface area is 123 Å². The zero-order chi connectivity index (χ0) is 15.7. The van der Waals surface area contributed by atoms with Crippen molar-refractivity contribution in [3.05, 3.63) is 44.0 Å². The molecule has 2 rings (SSSR count). The number of carbonyl (C=O) groups is 2. The maximum atomic E-state index is 12.1. The second kappa shape index (κ2) is 5.41. The number of anilines is 1. The van der Waals surface area contributed by atoms with Gasteiger partial charge in [-0.1, -0.05) is 11.3 Å². The molecule has 0 saturated carbocycles. The van der Waals surface area contributed by atoms with Gasteiger partial charge in [0.2, 0.25) is 0 Å². The lowest BCUT2D eigenvalue weighted by molar-refractivity contribution is 0.0693. The number of carboxylic acid groups (broad SMARTS) is 1. The third kappa shape index (κ3) is 2.79. The summed E-state index contributed by atoms with van der Waals surface area (Å²) in [4.78, 5) is 34.5. The highest BCUT2D eigenvalue weighted by Crippen LogP contribution is 2.22. The van der Waals surface area contributed by atoms with E-state index >= 15 is 0 Å². The van der Waals surface area contributed by atoms with Crippen LogP contribution in [-0.4, -0.2) is 26.7 Å². The number of hydrogen-bond donors (Lipinski definition) is 3. The Morgan fingerprint density at radius 1 is 1.33 bits per heavy atom. The van der Waals surface area contributed by atoms with Crippen LogP contribution in [0.3, 0.4) is 0 Å². The van der Waals surface area contributed by atoms with Crippen molar-refractivity contribution in [2.45, 2.75) is 6.92 Å². The Hall–Kier alpha value is -2.61. The topological polar surface area (TPSA) is 109 Å². The van der Waals surface area contributed by atoms with Crippen molar-refractivity contribution >= 4 is 28.9 Å². The molecule has 7 nitrogen and oxygen atoms in total. The SMILES string of the molecule is Cc1c(C(=O)Nc2ccc(O)c(C(=O)O)c2)sc(=O)n1C. The van der Waals surface area contributed by atoms with E-state index in [9.17, 15) is 19.5 Å². The molecule has 2 aromatic rings. The average Bonchev–Trinajstić information content (AvgIpc) is 2.68. The van der Waals surface area contributed by atoms with Crippen LogP contribution in [0.15, 0.2) is 23.0 Å². The Morgan fingerprint density at radius 2 is 2.00 bits per heavy atom. The van der Waals surface area contributed by atoms with Crippen molar-refractivity contribution in [1.29, 1.82) is 0 Å². The molecule has 21 heavy (non-hydrogen) atoms. The van der Waals surface area contributed by atoms with Crippen molar-refractivity contribution in [3.8, 4) is 5.75 Å². The standard InChI is InChI=1S/C13H12N2O5S/c1-6-10(21-13(20)15(6)2)11(17)14-7-3-4-9(16)8(5-7)12(18)19/h3-5,16H,1-2H3,(H,14,17)(H,18,19). The fourth-order valence-electron chi connectivity index (χ4n) is 1.70. The van der Waals surface area contributed by atoms with E-state index in [4.69, 9.17) is 5.11 Å². The molecule has 0 unspecified atom stereocenters. The van der Waals surface area contributed by atoms with E-state index in [-0.39, 0.29) is 26.8 Å². The van der Waals surface area contributed by atoms with E-state index in [0.29, 0.717) is 5.69 Å². The number of rotatable bonds is 3. The molecule has 0 aliphatic rings. The van der Waals surface area contributed by atoms with Gasteiger partial charge in [-0.25, -0.2) is 4.79 Å². The van der Waals surface area contributed by atoms with Gasteiger partial charge in [0, 0.05) is 18.4 Å². The number of aromatic carboxylic acids is 1. The molecule has 0 aliphatic carbocycles. The molecule has 3 N–H and O–H groups in total. The number of carboxylic acids is 1. The first-order valence-electron chi connectivity index (χ1n) is 5.85. The summed E-state index contributed by atoms with van der Waals surface area (Å²) in [6.07, 6.45) is 0. The summed E-state index contributed by atoms with van der Waals surface area (Å²) in [5.41, 5.74) is 0.434. The summed E-state index contributed by atoms with van der Waals surface area (Å²) >= 11 is 0.812. The number of nitrogens with one attached hydrogen (secondary N) is 1. The van der Waals surface area contributed by atoms with Crippen molar-refractivity contribution in [2.24, 2.45) is 7.05 Å². The minimum Gasteiger partial charge on any atom is -0.507 e. The van der Waals surface area contributed by atoms with Crippen LogP contribution in [0, 0.1) is 6.92 Å². The molecule has 0 spiro atoms. The van der Waals surface area contributed by atoms with Crippen LogP contribution in [-0.2, 0) is 7.05 Å². The monoisotopic (exact) mass is 308 g/mol. The van der Waals surface area contributed by atoms with Gasteiger partial charge in [-0.05, 0) is 25.1 Å². The van der Waals surface area contributed by atoms with Crippen molar-refractivity contribution < 1.29 is 19.8 Å². The summed E-state index contributed by atoms with van der Waals surface area (Å²) in [7, 11) is 1.56. The Bertz CT molecular complexity index is 790. The van der Waals surface area contributed by atoms with Crippen LogP contribution in [0.1, 0.15) is 25.7 Å². The quantitative estimate of drug-likeness (QED) is 0.743. The molecule has 0 atom stereocenters. The fraction of sp³-hybridized carbons (Fsp3) is 0.154. The number of thiazole rings is 1. The number of phenols is 1. The van der Waals surface area contributed by atoms with Gasteiger partial charge in [-0.3, -0.25) is 9.59 Å². The van der Waals surface area contributed by atoms with Crippen LogP contribution in [0.25, 0.3) is 0 Å². The molecular formula is C13H12N2O5S. The van der Waals surface area contributed by atoms with E-state index in [1.54, 1.807) is 14.0 Å². The van der Waals surface area contributed by atoms with Gasteiger partial charge in [0.25, 0.3) is 5.91 Å². The lowest BCUT2D eigenvalue weighted by Gasteiger charge is -2.06. The van der Waals surface area contributed by atoms with Crippen LogP contribution in [0.4, 0.5) is 5.69 Å². The Morgan fingerprint density at radius 3 is 2.52 bits per heavy atom. The predicted octanol–water partition coefficient (Wildman–Crippen LogP) is 1.41. The molecule has 1 aromatic heterocycles. The molecule has 110 valence electrons. The van der Waals surface area contributed by atoms with Crippen LogP contribution in [0.2, 0.25) is 0 Å². The van der Waals surface area contributed by atoms with Gasteiger partial charge in [0.15, 0.2) is 0 Å². The Balaban J connectivity index is 2.32. The normalized spacial score (nSPS) is 10.4. The van der Waals surface area contributed by atoms with Gasteiger partial charge in [-0.15, -0.1) is 0 Å². The minimum atomic E-state index is -1.30. The second-order valence-electron chi connectivity index (χ2n) is 4.33. The first-order chi connectivity index (χ1) is 9.81. The lowest BCUT2D eigenvalue weighted by atomic mass is 10.1. The van der Waals surface area contributed by atoms with Crippen LogP contribution < -0.4 is 10.2 Å². The van der Waals surface area contributed by atoms with Gasteiger partial charge < -0.3 is 20.1 Å². The maximum absolute atomic E-state index is 12.1. The second-order valence-corrected chi connectivity index (χ2v) is 5.29. The third-order valence-corrected chi connectivity index (χ3v) is 4.12. The molecule has 1 aromatic carbocycles. The summed E-state index contributed by atoms with van der Waals surface area (Å²) in [6.45, 7) is 1.65. The first-order valence-corrected chi connectivity index (χ1v) is 6.67. The molecule has 0 fully saturated rings. The first kappa shape index (κ1) is 14.8. The van der Waals surface area contributed by atoms with E-state index < -0.39 is 11.9 Å². The zero-order valence-corrected chi connectivity index (χ0v) is 12.0. The van der Waals surface area contributed by atoms with Gasteiger partial charge >= 0.3 is 10.8 Å². The zero-order valence-electron chi connectivity index (χ0n) is 11.2. The predicted molar refractivity (Wildman–Crippen MR) is 77.3 cm³/mol. The molecule has 1 amide bonds. The highest BCUT2D eigenvalue weighted by molar-refractivity contribution is 7.11. The molecule has 0 radical (unpaired) electrons. The van der Waals surface area contributed by atoms with Gasteiger partial charge in [0.1, 0.15) is 16.2 Å². The maximum Gasteiger partial charge on any atom is 0.339 e. The molecule has 0 aliphatic heterocycles. The summed E-state index contributed by atoms with van der Waals surface area (Å²) in [6, 6.07) is 3.71. The summed E-state index contributed by atoms with van der Waals surface area (Å²) < 4.78 is 1.36. The van der Waals surface area contributed by atoms with Gasteiger partial charge in [0.05, 0.1) is 0 Å². The van der Waals surface area contributed by atoms with Crippen LogP contribution >= 0.6 is 11.3 Å². The highest BCUT2D eigenvalue weighted by Gasteiger charge is 2.17. The number of hydrogen-bond acceptors (Lipinski definition) is 5. The number of benzene rings is 1. The summed E-state index contributed by atoms with van der Waals surface area (Å²) in [5, 5.41) is 20.8. The fourth-order valence-corrected chi connectivity index (χ4v) is 2.58. The smallest absolute Gasteiger partial charge is 0.339 e. The number of aromatic hydroxyl groups is 1. The minimum absolute atomic E-state index is 0.220. The third-order valence-electron chi connectivity index (χ3n) is 2.99. The largest absolute Gasteiger partial charge is 0.507 e. The number of nitrogens with zero attached hydrogens (tertiary/aromatic N) is 1. The summed E-state index contributed by atoms with van der Waals surface area (Å²) in [5.74, 6) is -2.19. The van der Waals surface area contributed by atoms with Crippen molar-refractivity contribution in [1.82, 2.24) is 4.57 Å². The van der Waals surface area contributed by atoms with Crippen molar-refractivity contribution in [2.75, 3.05) is 5.32 Å². The lowest BCUT2D eigenvalue weighted by Crippen LogP contribution is -2.13. The molecule has 1 heterocycles. The average molecular weight is 308 g/mol. The highest BCUT2D eigenvalue weighted by atomic mass is 32.1. The van der Waals surface area contributed by atoms with Crippen molar-refractivity contribution in [3.63, 3.8) is 0 Å². The van der Waals surface area contributed by atoms with Crippen LogP contribution in [0.5, 0.6) is 5.75 Å². The van der Waals surface area contributed by atoms with Gasteiger partial charge in [-0.2, -0.15) is 0 Å². The number of amides is 1. The number of aromatic nitrogens is 1. The van der Waals surface area contributed by atoms with E-state index in [0.717, 1.165) is 17.4 Å². The number of carbonyl (C=O) groups excluding carboxylic acids is 1. The Kier molecular flexibility index (Phi) is 3.81. The molecular weight excluding hydrogens is 296 g/mol. The molecule has 0 bridgehead atoms. The molecule has 8 heteroatoms. The molecule has 0 saturated heterocycles. The van der Waals surface area contributed by atoms with E-state index in [2.05, 4.69) is 5.32 Å².